The Labute approximate surface area is 160 Å². The van der Waals surface area contributed by atoms with Crippen molar-refractivity contribution in [2.24, 2.45) is 0 Å². The minimum atomic E-state index is -3.44. The molecule has 0 saturated heterocycles. The Morgan fingerprint density at radius 3 is 2.50 bits per heavy atom. The summed E-state index contributed by atoms with van der Waals surface area (Å²) in [5, 5.41) is 3.21. The minimum absolute atomic E-state index is 0.197. The first-order valence-corrected chi connectivity index (χ1v) is 10.5. The molecular weight excluding hydrogens is 372 g/mol. The fourth-order valence-corrected chi connectivity index (χ4v) is 3.81. The van der Waals surface area contributed by atoms with Crippen LogP contribution in [0.1, 0.15) is 24.0 Å². The van der Waals surface area contributed by atoms with Gasteiger partial charge in [0.2, 0.25) is 15.9 Å². The molecule has 140 valence electrons. The Morgan fingerprint density at radius 1 is 1.15 bits per heavy atom. The Morgan fingerprint density at radius 2 is 1.85 bits per heavy atom. The summed E-state index contributed by atoms with van der Waals surface area (Å²) in [5.74, 6) is -0.201. The van der Waals surface area contributed by atoms with Crippen molar-refractivity contribution < 1.29 is 13.2 Å². The fraction of sp³-hybridized carbons (Fsp3) is 0.316. The Hall–Kier alpha value is -2.05. The summed E-state index contributed by atoms with van der Waals surface area (Å²) >= 11 is 6.02. The van der Waals surface area contributed by atoms with Crippen LogP contribution in [-0.4, -0.2) is 27.1 Å². The molecule has 0 aliphatic heterocycles. The van der Waals surface area contributed by atoms with Gasteiger partial charge in [-0.25, -0.2) is 8.42 Å². The number of anilines is 2. The van der Waals surface area contributed by atoms with Gasteiger partial charge in [0, 0.05) is 13.0 Å². The van der Waals surface area contributed by atoms with Crippen molar-refractivity contribution in [3.05, 3.63) is 58.6 Å². The summed E-state index contributed by atoms with van der Waals surface area (Å²) in [6, 6.07) is 12.7. The quantitative estimate of drug-likeness (QED) is 0.767. The third-order valence-electron chi connectivity index (χ3n) is 3.95. The molecule has 0 fully saturated rings. The van der Waals surface area contributed by atoms with E-state index in [1.54, 1.807) is 24.3 Å². The van der Waals surface area contributed by atoms with Gasteiger partial charge in [-0.3, -0.25) is 9.10 Å². The van der Waals surface area contributed by atoms with E-state index in [-0.39, 0.29) is 18.9 Å². The molecule has 0 atom stereocenters. The molecule has 2 aromatic rings. The van der Waals surface area contributed by atoms with E-state index in [1.807, 2.05) is 32.0 Å². The maximum Gasteiger partial charge on any atom is 0.232 e. The second-order valence-corrected chi connectivity index (χ2v) is 8.57. The third kappa shape index (κ3) is 5.47. The number of halogens is 1. The van der Waals surface area contributed by atoms with Crippen LogP contribution in [0.25, 0.3) is 0 Å². The molecule has 2 rings (SSSR count). The Balaban J connectivity index is 2.03. The van der Waals surface area contributed by atoms with Crippen molar-refractivity contribution in [2.75, 3.05) is 22.4 Å². The van der Waals surface area contributed by atoms with E-state index in [9.17, 15) is 13.2 Å². The van der Waals surface area contributed by atoms with Crippen LogP contribution in [0.2, 0.25) is 5.02 Å². The number of nitrogens with zero attached hydrogens (tertiary/aromatic N) is 1. The molecule has 1 amide bonds. The molecule has 0 aromatic heterocycles. The van der Waals surface area contributed by atoms with Crippen molar-refractivity contribution >= 4 is 38.9 Å². The van der Waals surface area contributed by atoms with Gasteiger partial charge in [-0.05, 0) is 49.6 Å². The summed E-state index contributed by atoms with van der Waals surface area (Å²) in [6.07, 6.45) is 1.78. The fourth-order valence-electron chi connectivity index (χ4n) is 2.61. The summed E-state index contributed by atoms with van der Waals surface area (Å²) in [4.78, 5) is 12.1. The zero-order valence-electron chi connectivity index (χ0n) is 15.1. The van der Waals surface area contributed by atoms with Crippen molar-refractivity contribution in [3.63, 3.8) is 0 Å². The number of hydrogen-bond donors (Lipinski definition) is 1. The van der Waals surface area contributed by atoms with Crippen LogP contribution in [0.3, 0.4) is 0 Å². The number of para-hydroxylation sites is 1. The zero-order chi connectivity index (χ0) is 19.3. The van der Waals surface area contributed by atoms with Crippen molar-refractivity contribution in [3.8, 4) is 0 Å². The van der Waals surface area contributed by atoms with E-state index in [1.165, 1.54) is 10.6 Å². The van der Waals surface area contributed by atoms with Gasteiger partial charge < -0.3 is 5.32 Å². The lowest BCUT2D eigenvalue weighted by Crippen LogP contribution is -2.32. The summed E-state index contributed by atoms with van der Waals surface area (Å²) in [6.45, 7) is 4.02. The molecule has 0 aliphatic rings. The first kappa shape index (κ1) is 20.3. The van der Waals surface area contributed by atoms with Gasteiger partial charge in [0.25, 0.3) is 0 Å². The van der Waals surface area contributed by atoms with Crippen molar-refractivity contribution in [1.29, 1.82) is 0 Å². The second-order valence-electron chi connectivity index (χ2n) is 6.26. The molecule has 0 unspecified atom stereocenters. The highest BCUT2D eigenvalue weighted by molar-refractivity contribution is 7.92. The highest BCUT2D eigenvalue weighted by atomic mass is 35.5. The highest BCUT2D eigenvalue weighted by Crippen LogP contribution is 2.25. The average Bonchev–Trinajstić information content (AvgIpc) is 2.55. The average molecular weight is 395 g/mol. The van der Waals surface area contributed by atoms with E-state index in [0.717, 1.165) is 11.1 Å². The van der Waals surface area contributed by atoms with E-state index in [0.29, 0.717) is 22.8 Å². The molecule has 26 heavy (non-hydrogen) atoms. The van der Waals surface area contributed by atoms with E-state index in [4.69, 9.17) is 11.6 Å². The molecule has 5 nitrogen and oxygen atoms in total. The molecule has 0 bridgehead atoms. The lowest BCUT2D eigenvalue weighted by atomic mass is 10.1. The zero-order valence-corrected chi connectivity index (χ0v) is 16.7. The third-order valence-corrected chi connectivity index (χ3v) is 5.46. The smallest absolute Gasteiger partial charge is 0.232 e. The predicted octanol–water partition coefficient (Wildman–Crippen LogP) is 4.14. The first-order chi connectivity index (χ1) is 12.2. The van der Waals surface area contributed by atoms with Gasteiger partial charge in [-0.1, -0.05) is 35.9 Å². The summed E-state index contributed by atoms with van der Waals surface area (Å²) in [7, 11) is -3.44. The second kappa shape index (κ2) is 8.56. The van der Waals surface area contributed by atoms with Crippen LogP contribution >= 0.6 is 11.6 Å². The van der Waals surface area contributed by atoms with Crippen molar-refractivity contribution in [1.82, 2.24) is 0 Å². The van der Waals surface area contributed by atoms with Gasteiger partial charge in [0.05, 0.1) is 22.7 Å². The number of rotatable bonds is 7. The van der Waals surface area contributed by atoms with Gasteiger partial charge in [-0.2, -0.15) is 0 Å². The number of hydrogen-bond acceptors (Lipinski definition) is 3. The number of carbonyl (C=O) groups is 1. The SMILES string of the molecule is Cc1ccc(C)c(N(CCCC(=O)Nc2ccccc2Cl)S(C)(=O)=O)c1. The number of aryl methyl sites for hydroxylation is 2. The van der Waals surface area contributed by atoms with Gasteiger partial charge in [0.15, 0.2) is 0 Å². The molecule has 1 N–H and O–H groups in total. The monoisotopic (exact) mass is 394 g/mol. The minimum Gasteiger partial charge on any atom is -0.325 e. The van der Waals surface area contributed by atoms with Crippen LogP contribution in [0.4, 0.5) is 11.4 Å². The maximum atomic E-state index is 12.2. The Kier molecular flexibility index (Phi) is 6.67. The number of nitrogens with one attached hydrogen (secondary N) is 1. The topological polar surface area (TPSA) is 66.5 Å². The van der Waals surface area contributed by atoms with Crippen LogP contribution in [0.5, 0.6) is 0 Å². The molecule has 0 spiro atoms. The standard InChI is InChI=1S/C19H23ClN2O3S/c1-14-10-11-15(2)18(13-14)22(26(3,24)25)12-6-9-19(23)21-17-8-5-4-7-16(17)20/h4-5,7-8,10-11,13H,6,9,12H2,1-3H3,(H,21,23). The van der Waals surface area contributed by atoms with Gasteiger partial charge in [-0.15, -0.1) is 0 Å². The number of sulfonamides is 1. The van der Waals surface area contributed by atoms with E-state index >= 15 is 0 Å². The van der Waals surface area contributed by atoms with E-state index in [2.05, 4.69) is 5.32 Å². The maximum absolute atomic E-state index is 12.2. The Bertz CT molecular complexity index is 897. The van der Waals surface area contributed by atoms with Gasteiger partial charge in [0.1, 0.15) is 0 Å². The normalized spacial score (nSPS) is 11.2. The van der Waals surface area contributed by atoms with Crippen LogP contribution in [0.15, 0.2) is 42.5 Å². The molecule has 7 heteroatoms. The van der Waals surface area contributed by atoms with Crippen LogP contribution < -0.4 is 9.62 Å². The molecule has 0 radical (unpaired) electrons. The lowest BCUT2D eigenvalue weighted by molar-refractivity contribution is -0.116. The van der Waals surface area contributed by atoms with Crippen LogP contribution in [0, 0.1) is 13.8 Å². The number of carbonyl (C=O) groups excluding carboxylic acids is 1. The van der Waals surface area contributed by atoms with E-state index < -0.39 is 10.0 Å². The van der Waals surface area contributed by atoms with Gasteiger partial charge >= 0.3 is 0 Å². The molecule has 0 saturated carbocycles. The van der Waals surface area contributed by atoms with Crippen LogP contribution in [-0.2, 0) is 14.8 Å². The molecule has 0 aliphatic carbocycles. The summed E-state index contributed by atoms with van der Waals surface area (Å²) < 4.78 is 25.8. The summed E-state index contributed by atoms with van der Waals surface area (Å²) in [5.41, 5.74) is 3.06. The van der Waals surface area contributed by atoms with Crippen molar-refractivity contribution in [2.45, 2.75) is 26.7 Å². The highest BCUT2D eigenvalue weighted by Gasteiger charge is 2.19. The number of benzene rings is 2. The lowest BCUT2D eigenvalue weighted by Gasteiger charge is -2.24. The molecular formula is C19H23ClN2O3S. The predicted molar refractivity (Wildman–Crippen MR) is 107 cm³/mol. The first-order valence-electron chi connectivity index (χ1n) is 8.28. The molecule has 0 heterocycles. The number of amides is 1. The largest absolute Gasteiger partial charge is 0.325 e. The molecule has 2 aromatic carbocycles.